The molecule has 0 bridgehead atoms. The zero-order valence-corrected chi connectivity index (χ0v) is 17.5. The highest BCUT2D eigenvalue weighted by atomic mass is 32.1. The summed E-state index contributed by atoms with van der Waals surface area (Å²) in [5.74, 6) is -0.690. The van der Waals surface area contributed by atoms with Gasteiger partial charge in [-0.15, -0.1) is 0 Å². The zero-order valence-electron chi connectivity index (χ0n) is 16.6. The number of pyridine rings is 2. The van der Waals surface area contributed by atoms with E-state index in [1.807, 2.05) is 20.8 Å². The second-order valence-electron chi connectivity index (χ2n) is 8.93. The van der Waals surface area contributed by atoms with E-state index in [2.05, 4.69) is 4.98 Å². The van der Waals surface area contributed by atoms with Crippen molar-refractivity contribution in [2.45, 2.75) is 44.9 Å². The normalized spacial score (nSPS) is 20.7. The van der Waals surface area contributed by atoms with Gasteiger partial charge in [0.25, 0.3) is 5.88 Å². The van der Waals surface area contributed by atoms with E-state index in [1.54, 1.807) is 10.6 Å². The summed E-state index contributed by atoms with van der Waals surface area (Å²) in [6.45, 7) is 6.56. The fraction of sp³-hybridized carbons (Fsp3) is 0.476. The number of aromatic carboxylic acids is 1. The molecule has 0 amide bonds. The van der Waals surface area contributed by atoms with E-state index in [9.17, 15) is 19.8 Å². The van der Waals surface area contributed by atoms with Gasteiger partial charge in [0.1, 0.15) is 5.56 Å². The van der Waals surface area contributed by atoms with Gasteiger partial charge >= 0.3 is 5.97 Å². The van der Waals surface area contributed by atoms with E-state index in [0.717, 1.165) is 18.4 Å². The number of hydrogen-bond donors (Lipinski definition) is 3. The molecule has 2 N–H and O–H groups in total. The summed E-state index contributed by atoms with van der Waals surface area (Å²) < 4.78 is 7.45. The first-order valence-electron chi connectivity index (χ1n) is 9.60. The third-order valence-electron chi connectivity index (χ3n) is 5.78. The van der Waals surface area contributed by atoms with E-state index < -0.39 is 16.3 Å². The minimum Gasteiger partial charge on any atom is -0.491 e. The first kappa shape index (κ1) is 19.8. The summed E-state index contributed by atoms with van der Waals surface area (Å²) in [4.78, 5) is 27.4. The summed E-state index contributed by atoms with van der Waals surface area (Å²) >= 11 is 4.98. The summed E-state index contributed by atoms with van der Waals surface area (Å²) in [5.41, 5.74) is 0.325. The molecule has 7 nitrogen and oxygen atoms in total. The topological polar surface area (TPSA) is 102 Å². The number of rotatable bonds is 4. The van der Waals surface area contributed by atoms with Crippen LogP contribution in [0.3, 0.4) is 0 Å². The second kappa shape index (κ2) is 6.52. The standard InChI is InChI=1S/C21H24N2O5S/c1-20(2,3)21(29)8-12-6-16(28-10-11-4-5-11)18(25)22-17(12)14-7-15(24)13(19(26)27)9-23(14)21/h6-7,9,11,29H,4-5,8,10H2,1-3H3,(H,22,25)(H,26,27)/t21-/m0/s1. The molecule has 2 aromatic heterocycles. The van der Waals surface area contributed by atoms with Crippen LogP contribution >= 0.6 is 12.6 Å². The fourth-order valence-corrected chi connectivity index (χ4v) is 3.97. The van der Waals surface area contributed by atoms with Crippen LogP contribution in [0.15, 0.2) is 23.1 Å². The van der Waals surface area contributed by atoms with Crippen LogP contribution in [-0.4, -0.2) is 32.3 Å². The van der Waals surface area contributed by atoms with Crippen molar-refractivity contribution in [3.8, 4) is 23.0 Å². The molecular formula is C21H24N2O5S. The molecule has 4 rings (SSSR count). The summed E-state index contributed by atoms with van der Waals surface area (Å²) in [7, 11) is 0. The third kappa shape index (κ3) is 3.29. The van der Waals surface area contributed by atoms with E-state index in [-0.39, 0.29) is 16.9 Å². The Kier molecular flexibility index (Phi) is 4.45. The maximum absolute atomic E-state index is 12.4. The monoisotopic (exact) mass is 416 g/mol. The van der Waals surface area contributed by atoms with Gasteiger partial charge < -0.3 is 19.5 Å². The van der Waals surface area contributed by atoms with Crippen molar-refractivity contribution < 1.29 is 19.7 Å². The molecule has 0 aromatic carbocycles. The lowest BCUT2D eigenvalue weighted by molar-refractivity contribution is 0.0693. The number of aromatic nitrogens is 2. The van der Waals surface area contributed by atoms with Gasteiger partial charge in [-0.2, -0.15) is 12.6 Å². The van der Waals surface area contributed by atoms with Crippen molar-refractivity contribution in [1.82, 2.24) is 9.55 Å². The van der Waals surface area contributed by atoms with Crippen LogP contribution in [0.2, 0.25) is 0 Å². The molecule has 8 heteroatoms. The minimum absolute atomic E-state index is 0.242. The highest BCUT2D eigenvalue weighted by Crippen LogP contribution is 2.50. The van der Waals surface area contributed by atoms with Gasteiger partial charge in [0, 0.05) is 18.7 Å². The maximum atomic E-state index is 12.4. The Labute approximate surface area is 173 Å². The van der Waals surface area contributed by atoms with Crippen LogP contribution in [0.25, 0.3) is 11.4 Å². The van der Waals surface area contributed by atoms with Crippen LogP contribution in [0.1, 0.15) is 49.5 Å². The van der Waals surface area contributed by atoms with Crippen LogP contribution in [-0.2, 0) is 11.3 Å². The van der Waals surface area contributed by atoms with Crippen LogP contribution in [0, 0.1) is 11.3 Å². The van der Waals surface area contributed by atoms with Gasteiger partial charge in [-0.3, -0.25) is 4.79 Å². The Balaban J connectivity index is 1.91. The molecule has 0 unspecified atom stereocenters. The molecule has 1 atom stereocenters. The van der Waals surface area contributed by atoms with E-state index >= 15 is 0 Å². The van der Waals surface area contributed by atoms with Crippen molar-refractivity contribution in [2.24, 2.45) is 11.3 Å². The lowest BCUT2D eigenvalue weighted by Crippen LogP contribution is -2.46. The van der Waals surface area contributed by atoms with Gasteiger partial charge in [0.2, 0.25) is 0 Å². The molecular weight excluding hydrogens is 392 g/mol. The van der Waals surface area contributed by atoms with Gasteiger partial charge in [-0.05, 0) is 35.8 Å². The van der Waals surface area contributed by atoms with E-state index in [0.29, 0.717) is 36.1 Å². The molecule has 1 fully saturated rings. The number of ether oxygens (including phenoxy) is 1. The van der Waals surface area contributed by atoms with Crippen molar-refractivity contribution in [3.63, 3.8) is 0 Å². The maximum Gasteiger partial charge on any atom is 0.341 e. The molecule has 1 aliphatic heterocycles. The number of carbonyl (C=O) groups is 1. The van der Waals surface area contributed by atoms with Crippen molar-refractivity contribution in [1.29, 1.82) is 0 Å². The average molecular weight is 416 g/mol. The predicted molar refractivity (Wildman–Crippen MR) is 111 cm³/mol. The number of thiol groups is 1. The summed E-state index contributed by atoms with van der Waals surface area (Å²) in [6, 6.07) is 3.02. The van der Waals surface area contributed by atoms with Crippen molar-refractivity contribution >= 4 is 18.6 Å². The number of carboxylic acids is 1. The number of fused-ring (bicyclic) bond motifs is 3. The van der Waals surface area contributed by atoms with Gasteiger partial charge in [-0.1, -0.05) is 20.8 Å². The Morgan fingerprint density at radius 2 is 2.07 bits per heavy atom. The van der Waals surface area contributed by atoms with Crippen LogP contribution in [0.5, 0.6) is 11.6 Å². The SMILES string of the molecule is CC(C)(C)[C@@]1(S)Cc2cc(OCC3CC3)c(O)nc2-c2cc(=O)c(C(=O)O)cn21. The fourth-order valence-electron chi connectivity index (χ4n) is 3.64. The number of hydrogen-bond acceptors (Lipinski definition) is 6. The Morgan fingerprint density at radius 3 is 2.66 bits per heavy atom. The van der Waals surface area contributed by atoms with E-state index in [4.69, 9.17) is 17.4 Å². The lowest BCUT2D eigenvalue weighted by Gasteiger charge is -2.47. The van der Waals surface area contributed by atoms with E-state index in [1.165, 1.54) is 12.3 Å². The molecule has 0 radical (unpaired) electrons. The highest BCUT2D eigenvalue weighted by molar-refractivity contribution is 7.81. The molecule has 2 aromatic rings. The average Bonchev–Trinajstić information content (AvgIpc) is 3.43. The molecule has 1 aliphatic carbocycles. The minimum atomic E-state index is -1.29. The first-order chi connectivity index (χ1) is 13.5. The summed E-state index contributed by atoms with van der Waals surface area (Å²) in [6.07, 6.45) is 4.02. The number of carboxylic acid groups (broad SMARTS) is 1. The predicted octanol–water partition coefficient (Wildman–Crippen LogP) is 3.29. The summed E-state index contributed by atoms with van der Waals surface area (Å²) in [5, 5.41) is 19.8. The second-order valence-corrected chi connectivity index (χ2v) is 9.67. The van der Waals surface area contributed by atoms with Gasteiger partial charge in [0.05, 0.1) is 22.9 Å². The Hall–Kier alpha value is -2.48. The number of nitrogens with zero attached hydrogens (tertiary/aromatic N) is 2. The van der Waals surface area contributed by atoms with Crippen LogP contribution in [0.4, 0.5) is 0 Å². The van der Waals surface area contributed by atoms with Crippen molar-refractivity contribution in [3.05, 3.63) is 39.7 Å². The van der Waals surface area contributed by atoms with Gasteiger partial charge in [-0.25, -0.2) is 9.78 Å². The quantitative estimate of drug-likeness (QED) is 0.661. The largest absolute Gasteiger partial charge is 0.491 e. The highest BCUT2D eigenvalue weighted by Gasteiger charge is 2.45. The zero-order chi connectivity index (χ0) is 21.1. The smallest absolute Gasteiger partial charge is 0.341 e. The molecule has 2 aliphatic rings. The van der Waals surface area contributed by atoms with Gasteiger partial charge in [0.15, 0.2) is 11.2 Å². The molecule has 29 heavy (non-hydrogen) atoms. The number of aromatic hydroxyl groups is 1. The Bertz CT molecular complexity index is 1070. The lowest BCUT2D eigenvalue weighted by atomic mass is 9.79. The first-order valence-corrected chi connectivity index (χ1v) is 10.0. The third-order valence-corrected chi connectivity index (χ3v) is 6.82. The molecule has 0 saturated heterocycles. The van der Waals surface area contributed by atoms with Crippen molar-refractivity contribution in [2.75, 3.05) is 6.61 Å². The van der Waals surface area contributed by atoms with Crippen LogP contribution < -0.4 is 10.2 Å². The molecule has 154 valence electrons. The Morgan fingerprint density at radius 1 is 1.38 bits per heavy atom. The molecule has 0 spiro atoms. The molecule has 3 heterocycles. The molecule has 1 saturated carbocycles.